The predicted octanol–water partition coefficient (Wildman–Crippen LogP) is 3.58. The lowest BCUT2D eigenvalue weighted by atomic mass is 10.2. The minimum Gasteiger partial charge on any atom is -0.384 e. The minimum atomic E-state index is 0.262. The number of halogens is 1. The van der Waals surface area contributed by atoms with E-state index in [0.29, 0.717) is 5.82 Å². The summed E-state index contributed by atoms with van der Waals surface area (Å²) in [6, 6.07) is 10.1. The van der Waals surface area contributed by atoms with E-state index in [2.05, 4.69) is 56.8 Å². The van der Waals surface area contributed by atoms with E-state index in [1.807, 2.05) is 25.2 Å². The summed E-state index contributed by atoms with van der Waals surface area (Å²) in [6.45, 7) is 4.90. The van der Waals surface area contributed by atoms with Gasteiger partial charge in [0.2, 0.25) is 0 Å². The van der Waals surface area contributed by atoms with Gasteiger partial charge in [0.1, 0.15) is 17.5 Å². The molecule has 0 saturated heterocycles. The molecular weight excluding hydrogens is 316 g/mol. The summed E-state index contributed by atoms with van der Waals surface area (Å²) in [7, 11) is 2.01. The van der Waals surface area contributed by atoms with E-state index >= 15 is 0 Å². The Morgan fingerprint density at radius 2 is 1.85 bits per heavy atom. The van der Waals surface area contributed by atoms with E-state index in [-0.39, 0.29) is 5.92 Å². The van der Waals surface area contributed by atoms with Crippen LogP contribution in [0, 0.1) is 0 Å². The van der Waals surface area contributed by atoms with Crippen molar-refractivity contribution in [3.63, 3.8) is 0 Å². The first kappa shape index (κ1) is 14.8. The highest BCUT2D eigenvalue weighted by Crippen LogP contribution is 2.19. The number of rotatable bonds is 4. The zero-order valence-electron chi connectivity index (χ0n) is 12.0. The molecule has 0 unspecified atom stereocenters. The van der Waals surface area contributed by atoms with Gasteiger partial charge in [-0.3, -0.25) is 0 Å². The number of aromatic nitrogens is 2. The lowest BCUT2D eigenvalue weighted by molar-refractivity contribution is 0.765. The summed E-state index contributed by atoms with van der Waals surface area (Å²) < 4.78 is 1.08. The first-order chi connectivity index (χ1) is 9.45. The van der Waals surface area contributed by atoms with Crippen LogP contribution in [0.1, 0.15) is 31.2 Å². The smallest absolute Gasteiger partial charge is 0.135 e. The molecule has 0 atom stereocenters. The molecule has 106 valence electrons. The summed E-state index contributed by atoms with van der Waals surface area (Å²) in [4.78, 5) is 10.9. The van der Waals surface area contributed by atoms with E-state index in [1.54, 1.807) is 0 Å². The molecule has 2 N–H and O–H groups in total. The van der Waals surface area contributed by atoms with Crippen LogP contribution in [-0.4, -0.2) is 17.0 Å². The molecule has 20 heavy (non-hydrogen) atoms. The molecule has 2 aromatic rings. The van der Waals surface area contributed by atoms with E-state index in [9.17, 15) is 0 Å². The van der Waals surface area contributed by atoms with Crippen LogP contribution in [0.3, 0.4) is 0 Å². The molecule has 0 bridgehead atoms. The number of nitrogen functional groups attached to an aromatic ring is 1. The lowest BCUT2D eigenvalue weighted by Crippen LogP contribution is -2.19. The van der Waals surface area contributed by atoms with Gasteiger partial charge in [-0.25, -0.2) is 9.97 Å². The van der Waals surface area contributed by atoms with Crippen molar-refractivity contribution < 1.29 is 0 Å². The van der Waals surface area contributed by atoms with Crippen LogP contribution < -0.4 is 10.6 Å². The number of benzene rings is 1. The van der Waals surface area contributed by atoms with Crippen molar-refractivity contribution in [1.29, 1.82) is 0 Å². The third-order valence-corrected chi connectivity index (χ3v) is 3.52. The van der Waals surface area contributed by atoms with Crippen LogP contribution >= 0.6 is 15.9 Å². The maximum Gasteiger partial charge on any atom is 0.135 e. The van der Waals surface area contributed by atoms with E-state index in [4.69, 9.17) is 5.73 Å². The van der Waals surface area contributed by atoms with Gasteiger partial charge in [-0.15, -0.1) is 0 Å². The molecule has 0 fully saturated rings. The second-order valence-corrected chi connectivity index (χ2v) is 6.06. The topological polar surface area (TPSA) is 55.0 Å². The van der Waals surface area contributed by atoms with Gasteiger partial charge in [-0.1, -0.05) is 41.9 Å². The van der Waals surface area contributed by atoms with Crippen molar-refractivity contribution in [2.75, 3.05) is 17.7 Å². The predicted molar refractivity (Wildman–Crippen MR) is 86.8 cm³/mol. The van der Waals surface area contributed by atoms with Crippen molar-refractivity contribution in [1.82, 2.24) is 9.97 Å². The fraction of sp³-hybridized carbons (Fsp3) is 0.333. The van der Waals surface area contributed by atoms with Gasteiger partial charge in [0, 0.05) is 30.0 Å². The van der Waals surface area contributed by atoms with Gasteiger partial charge >= 0.3 is 0 Å². The van der Waals surface area contributed by atoms with Gasteiger partial charge in [0.25, 0.3) is 0 Å². The Morgan fingerprint density at radius 1 is 1.20 bits per heavy atom. The lowest BCUT2D eigenvalue weighted by Gasteiger charge is -2.20. The molecule has 0 aliphatic rings. The number of nitrogens with zero attached hydrogens (tertiary/aromatic N) is 3. The molecular formula is C15H19BrN4. The second kappa shape index (κ2) is 6.22. The van der Waals surface area contributed by atoms with Crippen LogP contribution in [0.25, 0.3) is 0 Å². The molecule has 0 aliphatic heterocycles. The van der Waals surface area contributed by atoms with E-state index < -0.39 is 0 Å². The summed E-state index contributed by atoms with van der Waals surface area (Å²) in [6.07, 6.45) is 0. The third-order valence-electron chi connectivity index (χ3n) is 2.99. The van der Waals surface area contributed by atoms with Gasteiger partial charge in [-0.2, -0.15) is 0 Å². The molecule has 1 heterocycles. The Hall–Kier alpha value is -1.62. The Kier molecular flexibility index (Phi) is 4.60. The van der Waals surface area contributed by atoms with Crippen molar-refractivity contribution in [3.8, 4) is 0 Å². The van der Waals surface area contributed by atoms with Crippen molar-refractivity contribution in [2.45, 2.75) is 26.3 Å². The van der Waals surface area contributed by atoms with Gasteiger partial charge in [0.05, 0.1) is 0 Å². The quantitative estimate of drug-likeness (QED) is 0.928. The Morgan fingerprint density at radius 3 is 2.45 bits per heavy atom. The third kappa shape index (κ3) is 3.70. The summed E-state index contributed by atoms with van der Waals surface area (Å²) in [5, 5.41) is 0. The zero-order chi connectivity index (χ0) is 14.7. The van der Waals surface area contributed by atoms with Gasteiger partial charge < -0.3 is 10.6 Å². The van der Waals surface area contributed by atoms with Crippen molar-refractivity contribution in [3.05, 3.63) is 46.2 Å². The summed E-state index contributed by atoms with van der Waals surface area (Å²) in [5.41, 5.74) is 7.09. The fourth-order valence-corrected chi connectivity index (χ4v) is 2.13. The Labute approximate surface area is 128 Å². The second-order valence-electron chi connectivity index (χ2n) is 5.15. The molecule has 4 nitrogen and oxygen atoms in total. The van der Waals surface area contributed by atoms with Crippen LogP contribution in [0.4, 0.5) is 11.6 Å². The number of hydrogen-bond acceptors (Lipinski definition) is 4. The van der Waals surface area contributed by atoms with Gasteiger partial charge in [0.15, 0.2) is 0 Å². The van der Waals surface area contributed by atoms with E-state index in [0.717, 1.165) is 22.7 Å². The molecule has 5 heteroatoms. The Bertz CT molecular complexity index is 581. The highest BCUT2D eigenvalue weighted by Gasteiger charge is 2.10. The molecule has 0 aliphatic carbocycles. The number of nitrogens with two attached hydrogens (primary N) is 1. The van der Waals surface area contributed by atoms with Crippen molar-refractivity contribution >= 4 is 27.6 Å². The minimum absolute atomic E-state index is 0.262. The Balaban J connectivity index is 2.20. The van der Waals surface area contributed by atoms with Crippen LogP contribution in [0.15, 0.2) is 34.8 Å². The normalized spacial score (nSPS) is 10.8. The number of hydrogen-bond donors (Lipinski definition) is 1. The largest absolute Gasteiger partial charge is 0.384 e. The highest BCUT2D eigenvalue weighted by molar-refractivity contribution is 9.10. The van der Waals surface area contributed by atoms with E-state index in [1.165, 1.54) is 5.56 Å². The molecule has 1 aromatic heterocycles. The van der Waals surface area contributed by atoms with Crippen molar-refractivity contribution in [2.24, 2.45) is 0 Å². The number of anilines is 2. The standard InChI is InChI=1S/C15H19BrN4/c1-10(2)15-18-13(17)8-14(19-15)20(3)9-11-4-6-12(16)7-5-11/h4-8,10H,9H2,1-3H3,(H2,17,18,19). The average Bonchev–Trinajstić information content (AvgIpc) is 2.40. The molecule has 0 saturated carbocycles. The summed E-state index contributed by atoms with van der Waals surface area (Å²) in [5.74, 6) is 2.41. The highest BCUT2D eigenvalue weighted by atomic mass is 79.9. The van der Waals surface area contributed by atoms with Crippen LogP contribution in [0.5, 0.6) is 0 Å². The fourth-order valence-electron chi connectivity index (χ4n) is 1.87. The maximum absolute atomic E-state index is 5.86. The summed E-state index contributed by atoms with van der Waals surface area (Å²) >= 11 is 3.44. The molecule has 2 rings (SSSR count). The molecule has 1 aromatic carbocycles. The molecule has 0 spiro atoms. The van der Waals surface area contributed by atoms with Crippen LogP contribution in [-0.2, 0) is 6.54 Å². The average molecular weight is 335 g/mol. The van der Waals surface area contributed by atoms with Crippen LogP contribution in [0.2, 0.25) is 0 Å². The molecule has 0 radical (unpaired) electrons. The van der Waals surface area contributed by atoms with Gasteiger partial charge in [-0.05, 0) is 17.7 Å². The SMILES string of the molecule is CC(C)c1nc(N)cc(N(C)Cc2ccc(Br)cc2)n1. The first-order valence-electron chi connectivity index (χ1n) is 6.55. The molecule has 0 amide bonds. The maximum atomic E-state index is 5.86. The zero-order valence-corrected chi connectivity index (χ0v) is 13.6. The monoisotopic (exact) mass is 334 g/mol. The first-order valence-corrected chi connectivity index (χ1v) is 7.35.